The number of benzene rings is 2. The van der Waals surface area contributed by atoms with E-state index in [9.17, 15) is 0 Å². The average molecular weight is 364 g/mol. The van der Waals surface area contributed by atoms with Gasteiger partial charge in [0.25, 0.3) is 0 Å². The summed E-state index contributed by atoms with van der Waals surface area (Å²) in [5.74, 6) is 0. The molecule has 2 aromatic rings. The van der Waals surface area contributed by atoms with Gasteiger partial charge in [0.15, 0.2) is 0 Å². The molecule has 0 amide bonds. The lowest BCUT2D eigenvalue weighted by Crippen LogP contribution is -2.36. The van der Waals surface area contributed by atoms with Crippen LogP contribution in [-0.2, 0) is 4.74 Å². The van der Waals surface area contributed by atoms with Crippen LogP contribution in [-0.4, -0.2) is 32.0 Å². The van der Waals surface area contributed by atoms with Crippen molar-refractivity contribution < 1.29 is 4.74 Å². The number of morpholine rings is 1. The van der Waals surface area contributed by atoms with Crippen molar-refractivity contribution in [3.05, 3.63) is 58.1 Å². The van der Waals surface area contributed by atoms with Crippen molar-refractivity contribution in [2.45, 2.75) is 6.92 Å². The first-order valence-electron chi connectivity index (χ1n) is 7.82. The maximum absolute atomic E-state index is 6.00. The number of hydrazone groups is 1. The van der Waals surface area contributed by atoms with E-state index in [0.29, 0.717) is 10.0 Å². The lowest BCUT2D eigenvalue weighted by Gasteiger charge is -2.28. The van der Waals surface area contributed by atoms with Crippen LogP contribution in [0.15, 0.2) is 47.6 Å². The van der Waals surface area contributed by atoms with Crippen molar-refractivity contribution in [1.29, 1.82) is 0 Å². The Morgan fingerprint density at radius 3 is 2.42 bits per heavy atom. The number of rotatable bonds is 4. The minimum atomic E-state index is 0.504. The summed E-state index contributed by atoms with van der Waals surface area (Å²) in [6, 6.07) is 13.8. The predicted molar refractivity (Wildman–Crippen MR) is 102 cm³/mol. The minimum Gasteiger partial charge on any atom is -0.378 e. The number of nitrogens with zero attached hydrogens (tertiary/aromatic N) is 2. The molecule has 0 radical (unpaired) electrons. The van der Waals surface area contributed by atoms with Gasteiger partial charge in [-0.25, -0.2) is 0 Å². The van der Waals surface area contributed by atoms with Crippen LogP contribution in [0.3, 0.4) is 0 Å². The third kappa shape index (κ3) is 4.20. The van der Waals surface area contributed by atoms with E-state index in [4.69, 9.17) is 27.9 Å². The van der Waals surface area contributed by atoms with E-state index < -0.39 is 0 Å². The molecule has 0 bridgehead atoms. The smallest absolute Gasteiger partial charge is 0.0648 e. The van der Waals surface area contributed by atoms with Crippen LogP contribution in [0.1, 0.15) is 12.5 Å². The Hall–Kier alpha value is -1.75. The number of hydrogen-bond acceptors (Lipinski definition) is 4. The fourth-order valence-corrected chi connectivity index (χ4v) is 2.81. The van der Waals surface area contributed by atoms with E-state index in [2.05, 4.69) is 39.7 Å². The Morgan fingerprint density at radius 1 is 1.04 bits per heavy atom. The number of anilines is 2. The van der Waals surface area contributed by atoms with Gasteiger partial charge in [-0.05, 0) is 42.8 Å². The van der Waals surface area contributed by atoms with Crippen LogP contribution in [0.2, 0.25) is 10.0 Å². The van der Waals surface area contributed by atoms with E-state index >= 15 is 0 Å². The van der Waals surface area contributed by atoms with Crippen molar-refractivity contribution in [3.63, 3.8) is 0 Å². The Labute approximate surface area is 152 Å². The zero-order valence-electron chi connectivity index (χ0n) is 13.4. The second-order valence-electron chi connectivity index (χ2n) is 5.58. The van der Waals surface area contributed by atoms with Gasteiger partial charge in [0.05, 0.1) is 34.7 Å². The molecule has 126 valence electrons. The van der Waals surface area contributed by atoms with Crippen molar-refractivity contribution in [1.82, 2.24) is 0 Å². The minimum absolute atomic E-state index is 0.504. The predicted octanol–water partition coefficient (Wildman–Crippen LogP) is 4.67. The van der Waals surface area contributed by atoms with E-state index in [1.165, 1.54) is 5.69 Å². The van der Waals surface area contributed by atoms with Crippen molar-refractivity contribution in [3.8, 4) is 0 Å². The van der Waals surface area contributed by atoms with Crippen LogP contribution >= 0.6 is 23.2 Å². The molecule has 0 saturated carbocycles. The van der Waals surface area contributed by atoms with E-state index in [-0.39, 0.29) is 0 Å². The first kappa shape index (κ1) is 17.1. The van der Waals surface area contributed by atoms with Crippen LogP contribution < -0.4 is 10.3 Å². The van der Waals surface area contributed by atoms with Gasteiger partial charge < -0.3 is 9.64 Å². The first-order valence-corrected chi connectivity index (χ1v) is 8.57. The molecule has 0 spiro atoms. The molecule has 1 aliphatic rings. The molecular formula is C18H19Cl2N3O. The van der Waals surface area contributed by atoms with Gasteiger partial charge in [0.1, 0.15) is 0 Å². The third-order valence-electron chi connectivity index (χ3n) is 3.93. The highest BCUT2D eigenvalue weighted by Crippen LogP contribution is 2.25. The second-order valence-corrected chi connectivity index (χ2v) is 6.40. The molecule has 0 aliphatic carbocycles. The van der Waals surface area contributed by atoms with Crippen molar-refractivity contribution in [2.24, 2.45) is 5.10 Å². The highest BCUT2D eigenvalue weighted by molar-refractivity contribution is 6.42. The molecule has 1 saturated heterocycles. The quantitative estimate of drug-likeness (QED) is 0.633. The fraction of sp³-hybridized carbons (Fsp3) is 0.278. The maximum Gasteiger partial charge on any atom is 0.0648 e. The summed E-state index contributed by atoms with van der Waals surface area (Å²) >= 11 is 11.9. The Balaban J connectivity index is 1.67. The monoisotopic (exact) mass is 363 g/mol. The Morgan fingerprint density at radius 2 is 1.75 bits per heavy atom. The summed E-state index contributed by atoms with van der Waals surface area (Å²) in [5, 5.41) is 5.44. The van der Waals surface area contributed by atoms with Gasteiger partial charge in [-0.2, -0.15) is 5.10 Å². The number of nitrogens with one attached hydrogen (secondary N) is 1. The van der Waals surface area contributed by atoms with Gasteiger partial charge in [0.2, 0.25) is 0 Å². The highest BCUT2D eigenvalue weighted by Gasteiger charge is 2.11. The number of halogens is 2. The molecule has 1 aliphatic heterocycles. The molecule has 2 aromatic carbocycles. The summed E-state index contributed by atoms with van der Waals surface area (Å²) in [6.07, 6.45) is 0. The summed E-state index contributed by atoms with van der Waals surface area (Å²) in [6.45, 7) is 5.41. The van der Waals surface area contributed by atoms with Crippen molar-refractivity contribution in [2.75, 3.05) is 36.6 Å². The van der Waals surface area contributed by atoms with Gasteiger partial charge in [-0.15, -0.1) is 0 Å². The molecule has 1 N–H and O–H groups in total. The highest BCUT2D eigenvalue weighted by atomic mass is 35.5. The third-order valence-corrected chi connectivity index (χ3v) is 4.67. The molecular weight excluding hydrogens is 345 g/mol. The summed E-state index contributed by atoms with van der Waals surface area (Å²) in [5.41, 5.74) is 6.99. The zero-order valence-corrected chi connectivity index (χ0v) is 14.9. The molecule has 0 unspecified atom stereocenters. The molecule has 1 fully saturated rings. The largest absolute Gasteiger partial charge is 0.378 e. The lowest BCUT2D eigenvalue weighted by atomic mass is 10.1. The molecule has 0 aromatic heterocycles. The second kappa shape index (κ2) is 7.88. The summed E-state index contributed by atoms with van der Waals surface area (Å²) in [4.78, 5) is 2.33. The van der Waals surface area contributed by atoms with E-state index in [0.717, 1.165) is 43.3 Å². The first-order chi connectivity index (χ1) is 11.6. The SMILES string of the molecule is C/C(=N/Nc1ccc(Cl)c(Cl)c1)c1ccc(N2CCOCC2)cc1. The van der Waals surface area contributed by atoms with Crippen LogP contribution in [0, 0.1) is 0 Å². The standard InChI is InChI=1S/C18H19Cl2N3O/c1-13(21-22-15-4-7-17(19)18(20)12-15)14-2-5-16(6-3-14)23-8-10-24-11-9-23/h2-7,12,22H,8-11H2,1H3/b21-13-. The van der Waals surface area contributed by atoms with Gasteiger partial charge >= 0.3 is 0 Å². The summed E-state index contributed by atoms with van der Waals surface area (Å²) < 4.78 is 5.39. The average Bonchev–Trinajstić information content (AvgIpc) is 2.63. The molecule has 0 atom stereocenters. The Kier molecular flexibility index (Phi) is 5.61. The molecule has 3 rings (SSSR count). The normalized spacial score (nSPS) is 15.5. The molecule has 6 heteroatoms. The molecule has 4 nitrogen and oxygen atoms in total. The van der Waals surface area contributed by atoms with Crippen LogP contribution in [0.5, 0.6) is 0 Å². The van der Waals surface area contributed by atoms with Gasteiger partial charge in [-0.3, -0.25) is 5.43 Å². The number of ether oxygens (including phenoxy) is 1. The fourth-order valence-electron chi connectivity index (χ4n) is 2.51. The lowest BCUT2D eigenvalue weighted by molar-refractivity contribution is 0.122. The molecule has 24 heavy (non-hydrogen) atoms. The van der Waals surface area contributed by atoms with Crippen LogP contribution in [0.25, 0.3) is 0 Å². The van der Waals surface area contributed by atoms with E-state index in [1.54, 1.807) is 12.1 Å². The van der Waals surface area contributed by atoms with Crippen LogP contribution in [0.4, 0.5) is 11.4 Å². The summed E-state index contributed by atoms with van der Waals surface area (Å²) in [7, 11) is 0. The topological polar surface area (TPSA) is 36.9 Å². The van der Waals surface area contributed by atoms with Gasteiger partial charge in [0, 0.05) is 18.8 Å². The number of hydrogen-bond donors (Lipinski definition) is 1. The van der Waals surface area contributed by atoms with Gasteiger partial charge in [-0.1, -0.05) is 35.3 Å². The van der Waals surface area contributed by atoms with E-state index in [1.807, 2.05) is 13.0 Å². The molecule has 1 heterocycles. The maximum atomic E-state index is 6.00. The zero-order chi connectivity index (χ0) is 16.9. The Bertz CT molecular complexity index is 726. The van der Waals surface area contributed by atoms with Crippen molar-refractivity contribution >= 4 is 40.3 Å².